The number of nitrogens with two attached hydrogens (primary N) is 1. The Hall–Kier alpha value is -2.55. The van der Waals surface area contributed by atoms with Gasteiger partial charge in [0.25, 0.3) is 0 Å². The van der Waals surface area contributed by atoms with Gasteiger partial charge in [0, 0.05) is 36.9 Å². The van der Waals surface area contributed by atoms with Crippen LogP contribution in [0, 0.1) is 16.7 Å². The molecule has 0 fully saturated rings. The molecule has 0 saturated heterocycles. The molecule has 1 aliphatic heterocycles. The standard InChI is InChI=1S/C18H22N4O2/c1-10(2)22-6-5-21-17(22)14-11(9-19)16(20)24-13-8-18(3,4)7-12(23)15(13)14/h5-6,10,14H,7-8,20H2,1-4H3/t14-/m1/s1. The summed E-state index contributed by atoms with van der Waals surface area (Å²) in [4.78, 5) is 17.3. The number of Topliss-reactive ketones (excluding diaryl/α,β-unsaturated/α-hetero) is 1. The van der Waals surface area contributed by atoms with Crippen LogP contribution < -0.4 is 5.73 Å². The van der Waals surface area contributed by atoms with Gasteiger partial charge < -0.3 is 15.0 Å². The molecule has 24 heavy (non-hydrogen) atoms. The molecule has 1 aliphatic carbocycles. The Morgan fingerprint density at radius 2 is 2.17 bits per heavy atom. The van der Waals surface area contributed by atoms with Crippen molar-refractivity contribution in [1.29, 1.82) is 5.26 Å². The predicted molar refractivity (Wildman–Crippen MR) is 88.3 cm³/mol. The zero-order chi connectivity index (χ0) is 17.6. The van der Waals surface area contributed by atoms with Crippen LogP contribution in [0.3, 0.4) is 0 Å². The van der Waals surface area contributed by atoms with Gasteiger partial charge in [0.05, 0.1) is 5.92 Å². The van der Waals surface area contributed by atoms with Crippen LogP contribution in [0.15, 0.2) is 35.2 Å². The highest BCUT2D eigenvalue weighted by atomic mass is 16.5. The van der Waals surface area contributed by atoms with Crippen LogP contribution in [0.25, 0.3) is 0 Å². The van der Waals surface area contributed by atoms with Crippen LogP contribution in [-0.2, 0) is 9.53 Å². The minimum absolute atomic E-state index is 0.00445. The van der Waals surface area contributed by atoms with E-state index in [4.69, 9.17) is 10.5 Å². The van der Waals surface area contributed by atoms with Crippen LogP contribution in [0.5, 0.6) is 0 Å². The number of ketones is 1. The van der Waals surface area contributed by atoms with Crippen molar-refractivity contribution in [1.82, 2.24) is 9.55 Å². The third-order valence-corrected chi connectivity index (χ3v) is 4.59. The summed E-state index contributed by atoms with van der Waals surface area (Å²) in [6.45, 7) is 8.12. The quantitative estimate of drug-likeness (QED) is 0.901. The molecule has 0 aromatic carbocycles. The molecule has 6 heteroatoms. The highest BCUT2D eigenvalue weighted by Crippen LogP contribution is 2.47. The van der Waals surface area contributed by atoms with Gasteiger partial charge in [-0.3, -0.25) is 4.79 Å². The maximum absolute atomic E-state index is 12.9. The molecule has 6 nitrogen and oxygen atoms in total. The van der Waals surface area contributed by atoms with E-state index in [1.807, 2.05) is 38.5 Å². The summed E-state index contributed by atoms with van der Waals surface area (Å²) >= 11 is 0. The van der Waals surface area contributed by atoms with Gasteiger partial charge in [-0.05, 0) is 19.3 Å². The number of carbonyl (C=O) groups excluding carboxylic acids is 1. The Morgan fingerprint density at radius 1 is 1.46 bits per heavy atom. The highest BCUT2D eigenvalue weighted by molar-refractivity contribution is 5.99. The van der Waals surface area contributed by atoms with Crippen molar-refractivity contribution in [3.05, 3.63) is 41.0 Å². The van der Waals surface area contributed by atoms with Crippen molar-refractivity contribution < 1.29 is 9.53 Å². The van der Waals surface area contributed by atoms with Gasteiger partial charge in [-0.25, -0.2) is 4.98 Å². The van der Waals surface area contributed by atoms with E-state index in [0.717, 1.165) is 0 Å². The average Bonchev–Trinajstić information content (AvgIpc) is 2.93. The fourth-order valence-corrected chi connectivity index (χ4v) is 3.53. The fraction of sp³-hybridized carbons (Fsp3) is 0.500. The van der Waals surface area contributed by atoms with Gasteiger partial charge in [-0.15, -0.1) is 0 Å². The summed E-state index contributed by atoms with van der Waals surface area (Å²) < 4.78 is 7.66. The molecule has 0 bridgehead atoms. The molecule has 0 radical (unpaired) electrons. The van der Waals surface area contributed by atoms with Crippen LogP contribution in [0.1, 0.15) is 58.3 Å². The second-order valence-corrected chi connectivity index (χ2v) is 7.49. The van der Waals surface area contributed by atoms with E-state index in [0.29, 0.717) is 30.0 Å². The zero-order valence-electron chi connectivity index (χ0n) is 14.5. The monoisotopic (exact) mass is 326 g/mol. The molecule has 1 aromatic heterocycles. The molecule has 1 aromatic rings. The maximum atomic E-state index is 12.9. The van der Waals surface area contributed by atoms with Crippen LogP contribution >= 0.6 is 0 Å². The number of carbonyl (C=O) groups is 1. The molecule has 0 saturated carbocycles. The van der Waals surface area contributed by atoms with E-state index < -0.39 is 5.92 Å². The number of hydrogen-bond donors (Lipinski definition) is 1. The van der Waals surface area contributed by atoms with Crippen molar-refractivity contribution in [3.8, 4) is 6.07 Å². The SMILES string of the molecule is CC(C)n1ccnc1[C@@H]1C(C#N)=C(N)OC2=C1C(=O)CC(C)(C)C2. The van der Waals surface area contributed by atoms with Gasteiger partial charge >= 0.3 is 0 Å². The first-order valence-electron chi connectivity index (χ1n) is 8.11. The number of aromatic nitrogens is 2. The lowest BCUT2D eigenvalue weighted by Gasteiger charge is -2.37. The number of imidazole rings is 1. The first-order valence-corrected chi connectivity index (χ1v) is 8.11. The largest absolute Gasteiger partial charge is 0.444 e. The highest BCUT2D eigenvalue weighted by Gasteiger charge is 2.44. The number of hydrogen-bond acceptors (Lipinski definition) is 5. The maximum Gasteiger partial charge on any atom is 0.205 e. The lowest BCUT2D eigenvalue weighted by atomic mass is 9.71. The Labute approximate surface area is 141 Å². The van der Waals surface area contributed by atoms with E-state index in [1.54, 1.807) is 6.20 Å². The molecule has 0 amide bonds. The minimum atomic E-state index is -0.556. The van der Waals surface area contributed by atoms with Crippen molar-refractivity contribution in [2.75, 3.05) is 0 Å². The average molecular weight is 326 g/mol. The first kappa shape index (κ1) is 16.3. The van der Waals surface area contributed by atoms with Gasteiger partial charge in [-0.2, -0.15) is 5.26 Å². The Kier molecular flexibility index (Phi) is 3.75. The van der Waals surface area contributed by atoms with E-state index >= 15 is 0 Å². The third kappa shape index (κ3) is 2.50. The third-order valence-electron chi connectivity index (χ3n) is 4.59. The number of ether oxygens (including phenoxy) is 1. The van der Waals surface area contributed by atoms with Crippen molar-refractivity contribution in [2.45, 2.75) is 52.5 Å². The summed E-state index contributed by atoms with van der Waals surface area (Å²) in [6.07, 6.45) is 4.59. The number of nitriles is 1. The zero-order valence-corrected chi connectivity index (χ0v) is 14.5. The lowest BCUT2D eigenvalue weighted by molar-refractivity contribution is -0.119. The van der Waals surface area contributed by atoms with E-state index in [1.165, 1.54) is 0 Å². The second-order valence-electron chi connectivity index (χ2n) is 7.49. The van der Waals surface area contributed by atoms with Gasteiger partial charge in [0.2, 0.25) is 5.88 Å². The Bertz CT molecular complexity index is 805. The minimum Gasteiger partial charge on any atom is -0.444 e. The normalized spacial score (nSPS) is 23.2. The molecular weight excluding hydrogens is 304 g/mol. The molecule has 2 heterocycles. The van der Waals surface area contributed by atoms with E-state index in [2.05, 4.69) is 11.1 Å². The van der Waals surface area contributed by atoms with Crippen molar-refractivity contribution in [2.24, 2.45) is 11.1 Å². The van der Waals surface area contributed by atoms with Crippen LogP contribution in [-0.4, -0.2) is 15.3 Å². The van der Waals surface area contributed by atoms with Crippen LogP contribution in [0.4, 0.5) is 0 Å². The summed E-state index contributed by atoms with van der Waals surface area (Å²) in [6, 6.07) is 2.28. The van der Waals surface area contributed by atoms with Crippen LogP contribution in [0.2, 0.25) is 0 Å². The van der Waals surface area contributed by atoms with Gasteiger partial charge in [0.15, 0.2) is 5.78 Å². The molecule has 2 N–H and O–H groups in total. The number of nitrogens with zero attached hydrogens (tertiary/aromatic N) is 3. The number of rotatable bonds is 2. The molecule has 1 atom stereocenters. The van der Waals surface area contributed by atoms with Crippen molar-refractivity contribution >= 4 is 5.78 Å². The topological polar surface area (TPSA) is 93.9 Å². The van der Waals surface area contributed by atoms with Gasteiger partial charge in [0.1, 0.15) is 23.2 Å². The summed E-state index contributed by atoms with van der Waals surface area (Å²) in [5, 5.41) is 9.60. The Morgan fingerprint density at radius 3 is 2.79 bits per heavy atom. The Balaban J connectivity index is 2.21. The van der Waals surface area contributed by atoms with E-state index in [-0.39, 0.29) is 28.7 Å². The molecule has 126 valence electrons. The molecule has 0 spiro atoms. The van der Waals surface area contributed by atoms with Gasteiger partial charge in [-0.1, -0.05) is 13.8 Å². The summed E-state index contributed by atoms with van der Waals surface area (Å²) in [5.74, 6) is 0.763. The summed E-state index contributed by atoms with van der Waals surface area (Å²) in [7, 11) is 0. The lowest BCUT2D eigenvalue weighted by Crippen LogP contribution is -2.34. The molecule has 2 aliphatic rings. The molecular formula is C18H22N4O2. The second kappa shape index (κ2) is 5.52. The predicted octanol–water partition coefficient (Wildman–Crippen LogP) is 2.91. The molecule has 3 rings (SSSR count). The van der Waals surface area contributed by atoms with Crippen molar-refractivity contribution in [3.63, 3.8) is 0 Å². The summed E-state index contributed by atoms with van der Waals surface area (Å²) in [5.41, 5.74) is 6.62. The van der Waals surface area contributed by atoms with E-state index in [9.17, 15) is 10.1 Å². The molecule has 0 unspecified atom stereocenters. The number of allylic oxidation sites excluding steroid dienone is 3. The fourth-order valence-electron chi connectivity index (χ4n) is 3.53. The smallest absolute Gasteiger partial charge is 0.205 e. The first-order chi connectivity index (χ1) is 11.2.